The number of benzene rings is 1. The summed E-state index contributed by atoms with van der Waals surface area (Å²) in [5, 5.41) is 15.1. The maximum absolute atomic E-state index is 11.2. The maximum Gasteiger partial charge on any atom is 0.238 e. The van der Waals surface area contributed by atoms with Crippen LogP contribution in [0.3, 0.4) is 0 Å². The van der Waals surface area contributed by atoms with E-state index in [1.54, 1.807) is 12.1 Å². The zero-order chi connectivity index (χ0) is 14.1. The molecule has 0 radical (unpaired) electrons. The predicted octanol–water partition coefficient (Wildman–Crippen LogP) is 1.08. The SMILES string of the molecule is CC1(O)CCCN(c2ccc(S(N)(=O)=O)cc2)CC1. The number of nitrogens with two attached hydrogens (primary N) is 1. The summed E-state index contributed by atoms with van der Waals surface area (Å²) < 4.78 is 22.4. The molecule has 5 nitrogen and oxygen atoms in total. The monoisotopic (exact) mass is 284 g/mol. The van der Waals surface area contributed by atoms with Gasteiger partial charge in [-0.3, -0.25) is 0 Å². The number of aliphatic hydroxyl groups is 1. The van der Waals surface area contributed by atoms with E-state index < -0.39 is 15.6 Å². The Kier molecular flexibility index (Phi) is 3.85. The molecular weight excluding hydrogens is 264 g/mol. The molecule has 0 spiro atoms. The molecule has 1 atom stereocenters. The van der Waals surface area contributed by atoms with E-state index in [0.29, 0.717) is 6.42 Å². The highest BCUT2D eigenvalue weighted by Gasteiger charge is 2.25. The molecule has 0 saturated carbocycles. The van der Waals surface area contributed by atoms with Crippen molar-refractivity contribution >= 4 is 15.7 Å². The first kappa shape index (κ1) is 14.3. The van der Waals surface area contributed by atoms with Gasteiger partial charge in [-0.05, 0) is 50.5 Å². The van der Waals surface area contributed by atoms with E-state index in [2.05, 4.69) is 4.90 Å². The van der Waals surface area contributed by atoms with Gasteiger partial charge >= 0.3 is 0 Å². The van der Waals surface area contributed by atoms with Crippen molar-refractivity contribution in [3.8, 4) is 0 Å². The molecule has 106 valence electrons. The van der Waals surface area contributed by atoms with Gasteiger partial charge in [0.25, 0.3) is 0 Å². The molecule has 6 heteroatoms. The summed E-state index contributed by atoms with van der Waals surface area (Å²) >= 11 is 0. The van der Waals surface area contributed by atoms with Crippen LogP contribution >= 0.6 is 0 Å². The highest BCUT2D eigenvalue weighted by molar-refractivity contribution is 7.89. The van der Waals surface area contributed by atoms with Crippen LogP contribution in [0.15, 0.2) is 29.2 Å². The summed E-state index contributed by atoms with van der Waals surface area (Å²) in [6, 6.07) is 6.57. The largest absolute Gasteiger partial charge is 0.390 e. The van der Waals surface area contributed by atoms with Crippen molar-refractivity contribution in [2.75, 3.05) is 18.0 Å². The van der Waals surface area contributed by atoms with Gasteiger partial charge in [0.15, 0.2) is 0 Å². The third kappa shape index (κ3) is 3.68. The number of primary sulfonamides is 1. The van der Waals surface area contributed by atoms with E-state index in [9.17, 15) is 13.5 Å². The number of sulfonamides is 1. The minimum Gasteiger partial charge on any atom is -0.390 e. The second-order valence-corrected chi connectivity index (χ2v) is 6.94. The Bertz CT molecular complexity index is 538. The number of rotatable bonds is 2. The van der Waals surface area contributed by atoms with Crippen molar-refractivity contribution in [3.63, 3.8) is 0 Å². The van der Waals surface area contributed by atoms with Crippen molar-refractivity contribution in [2.24, 2.45) is 5.14 Å². The molecule has 0 aliphatic carbocycles. The van der Waals surface area contributed by atoms with Gasteiger partial charge in [0.2, 0.25) is 10.0 Å². The first-order valence-corrected chi connectivity index (χ1v) is 7.93. The van der Waals surface area contributed by atoms with Gasteiger partial charge in [0, 0.05) is 18.8 Å². The highest BCUT2D eigenvalue weighted by atomic mass is 32.2. The van der Waals surface area contributed by atoms with Gasteiger partial charge in [-0.15, -0.1) is 0 Å². The Labute approximate surface area is 114 Å². The third-order valence-corrected chi connectivity index (χ3v) is 4.52. The maximum atomic E-state index is 11.2. The fourth-order valence-electron chi connectivity index (χ4n) is 2.37. The van der Waals surface area contributed by atoms with Crippen LogP contribution in [0.2, 0.25) is 0 Å². The molecule has 0 amide bonds. The molecule has 3 N–H and O–H groups in total. The van der Waals surface area contributed by atoms with Gasteiger partial charge in [-0.1, -0.05) is 0 Å². The lowest BCUT2D eigenvalue weighted by Crippen LogP contribution is -2.28. The van der Waals surface area contributed by atoms with Crippen molar-refractivity contribution in [1.29, 1.82) is 0 Å². The first-order chi connectivity index (χ1) is 8.78. The standard InChI is InChI=1S/C13H20N2O3S/c1-13(16)7-2-9-15(10-8-13)11-3-5-12(6-4-11)19(14,17)18/h3-6,16H,2,7-10H2,1H3,(H2,14,17,18). The third-order valence-electron chi connectivity index (χ3n) is 3.59. The van der Waals surface area contributed by atoms with Gasteiger partial charge in [-0.25, -0.2) is 13.6 Å². The van der Waals surface area contributed by atoms with Crippen LogP contribution in [0.1, 0.15) is 26.2 Å². The van der Waals surface area contributed by atoms with Crippen LogP contribution in [0.25, 0.3) is 0 Å². The molecule has 1 heterocycles. The number of anilines is 1. The summed E-state index contributed by atoms with van der Waals surface area (Å²) in [4.78, 5) is 2.28. The van der Waals surface area contributed by atoms with Crippen LogP contribution in [-0.2, 0) is 10.0 Å². The molecule has 1 aliphatic rings. The van der Waals surface area contributed by atoms with E-state index in [1.807, 2.05) is 6.92 Å². The van der Waals surface area contributed by atoms with Crippen LogP contribution in [0.4, 0.5) is 5.69 Å². The molecule has 0 bridgehead atoms. The predicted molar refractivity (Wildman–Crippen MR) is 74.5 cm³/mol. The van der Waals surface area contributed by atoms with E-state index in [0.717, 1.165) is 31.6 Å². The quantitative estimate of drug-likeness (QED) is 0.851. The molecule has 1 saturated heterocycles. The molecule has 1 aromatic rings. The van der Waals surface area contributed by atoms with E-state index in [-0.39, 0.29) is 4.90 Å². The Morgan fingerprint density at radius 2 is 1.84 bits per heavy atom. The topological polar surface area (TPSA) is 83.6 Å². The van der Waals surface area contributed by atoms with Crippen LogP contribution in [-0.4, -0.2) is 32.2 Å². The second-order valence-electron chi connectivity index (χ2n) is 5.38. The fourth-order valence-corrected chi connectivity index (χ4v) is 2.88. The average Bonchev–Trinajstić information content (AvgIpc) is 2.49. The zero-order valence-corrected chi connectivity index (χ0v) is 11.9. The lowest BCUT2D eigenvalue weighted by molar-refractivity contribution is 0.0481. The number of nitrogens with zero attached hydrogens (tertiary/aromatic N) is 1. The summed E-state index contributed by atoms with van der Waals surface area (Å²) in [6.07, 6.45) is 2.42. The van der Waals surface area contributed by atoms with Crippen LogP contribution < -0.4 is 10.0 Å². The summed E-state index contributed by atoms with van der Waals surface area (Å²) in [7, 11) is -3.63. The molecular formula is C13H20N2O3S. The molecule has 0 aromatic heterocycles. The minimum atomic E-state index is -3.63. The molecule has 19 heavy (non-hydrogen) atoms. The smallest absolute Gasteiger partial charge is 0.238 e. The Morgan fingerprint density at radius 3 is 2.42 bits per heavy atom. The summed E-state index contributed by atoms with van der Waals surface area (Å²) in [6.45, 7) is 3.49. The highest BCUT2D eigenvalue weighted by Crippen LogP contribution is 2.25. The lowest BCUT2D eigenvalue weighted by atomic mass is 9.98. The zero-order valence-electron chi connectivity index (χ0n) is 11.0. The molecule has 2 rings (SSSR count). The fraction of sp³-hybridized carbons (Fsp3) is 0.538. The number of hydrogen-bond acceptors (Lipinski definition) is 4. The van der Waals surface area contributed by atoms with Gasteiger partial charge in [-0.2, -0.15) is 0 Å². The van der Waals surface area contributed by atoms with Crippen LogP contribution in [0.5, 0.6) is 0 Å². The molecule has 1 unspecified atom stereocenters. The molecule has 1 aromatic carbocycles. The van der Waals surface area contributed by atoms with E-state index >= 15 is 0 Å². The second kappa shape index (κ2) is 5.11. The van der Waals surface area contributed by atoms with Crippen molar-refractivity contribution in [2.45, 2.75) is 36.7 Å². The Balaban J connectivity index is 2.14. The van der Waals surface area contributed by atoms with Crippen molar-refractivity contribution < 1.29 is 13.5 Å². The van der Waals surface area contributed by atoms with Gasteiger partial charge in [0.1, 0.15) is 0 Å². The van der Waals surface area contributed by atoms with Gasteiger partial charge < -0.3 is 10.0 Å². The van der Waals surface area contributed by atoms with Crippen molar-refractivity contribution in [1.82, 2.24) is 0 Å². The molecule has 1 fully saturated rings. The first-order valence-electron chi connectivity index (χ1n) is 6.38. The number of hydrogen-bond donors (Lipinski definition) is 2. The van der Waals surface area contributed by atoms with Gasteiger partial charge in [0.05, 0.1) is 10.5 Å². The Morgan fingerprint density at radius 1 is 1.21 bits per heavy atom. The average molecular weight is 284 g/mol. The minimum absolute atomic E-state index is 0.123. The van der Waals surface area contributed by atoms with E-state index in [4.69, 9.17) is 5.14 Å². The van der Waals surface area contributed by atoms with Crippen LogP contribution in [0, 0.1) is 0 Å². The summed E-state index contributed by atoms with van der Waals surface area (Å²) in [5.74, 6) is 0. The van der Waals surface area contributed by atoms with Crippen molar-refractivity contribution in [3.05, 3.63) is 24.3 Å². The Hall–Kier alpha value is -1.11. The normalized spacial score (nSPS) is 25.1. The van der Waals surface area contributed by atoms with E-state index in [1.165, 1.54) is 12.1 Å². The molecule has 1 aliphatic heterocycles. The summed E-state index contributed by atoms with van der Waals surface area (Å²) in [5.41, 5.74) is 0.361. The lowest BCUT2D eigenvalue weighted by Gasteiger charge is -2.24.